The molecule has 0 unspecified atom stereocenters. The van der Waals surface area contributed by atoms with Crippen molar-refractivity contribution < 1.29 is 14.3 Å². The zero-order valence-electron chi connectivity index (χ0n) is 14.9. The lowest BCUT2D eigenvalue weighted by atomic mass is 10.0. The number of amides is 2. The number of hydrogen-bond donors (Lipinski definition) is 3. The number of nitrogens with two attached hydrogens (primary N) is 1. The van der Waals surface area contributed by atoms with Crippen molar-refractivity contribution in [3.8, 4) is 16.9 Å². The van der Waals surface area contributed by atoms with Crippen LogP contribution in [-0.4, -0.2) is 23.9 Å². The van der Waals surface area contributed by atoms with Gasteiger partial charge in [0.05, 0.1) is 25.1 Å². The zero-order valence-corrected chi connectivity index (χ0v) is 14.9. The number of hydrogen-bond acceptors (Lipinski definition) is 3. The van der Waals surface area contributed by atoms with E-state index in [9.17, 15) is 9.59 Å². The Kier molecular flexibility index (Phi) is 5.56. The van der Waals surface area contributed by atoms with Crippen molar-refractivity contribution in [1.29, 1.82) is 0 Å². The van der Waals surface area contributed by atoms with Crippen LogP contribution in [0.4, 0.5) is 0 Å². The second-order valence-corrected chi connectivity index (χ2v) is 6.09. The predicted octanol–water partition coefficient (Wildman–Crippen LogP) is 3.04. The van der Waals surface area contributed by atoms with E-state index in [0.717, 1.165) is 16.7 Å². The van der Waals surface area contributed by atoms with Crippen LogP contribution in [0.25, 0.3) is 11.1 Å². The summed E-state index contributed by atoms with van der Waals surface area (Å²) in [5.74, 6) is -0.113. The van der Waals surface area contributed by atoms with Crippen LogP contribution in [0.1, 0.15) is 28.4 Å². The first-order chi connectivity index (χ1) is 13.1. The van der Waals surface area contributed by atoms with Crippen molar-refractivity contribution in [2.45, 2.75) is 12.5 Å². The summed E-state index contributed by atoms with van der Waals surface area (Å²) in [6.07, 6.45) is 3.39. The first-order valence-corrected chi connectivity index (χ1v) is 8.54. The predicted molar refractivity (Wildman–Crippen MR) is 103 cm³/mol. The van der Waals surface area contributed by atoms with E-state index in [4.69, 9.17) is 10.5 Å². The molecule has 1 heterocycles. The molecule has 4 N–H and O–H groups in total. The smallest absolute Gasteiger partial charge is 0.253 e. The number of methoxy groups -OCH3 is 1. The molecule has 0 aliphatic carbocycles. The molecular weight excluding hydrogens is 342 g/mol. The number of carbonyl (C=O) groups excluding carboxylic acids is 2. The van der Waals surface area contributed by atoms with E-state index in [1.165, 1.54) is 0 Å². The molecule has 6 heteroatoms. The fourth-order valence-electron chi connectivity index (χ4n) is 3.02. The molecular formula is C21H21N3O3. The number of aromatic nitrogens is 1. The molecule has 2 amide bonds. The minimum absolute atomic E-state index is 0.0180. The molecule has 1 aromatic heterocycles. The van der Waals surface area contributed by atoms with Crippen molar-refractivity contribution >= 4 is 11.8 Å². The normalized spacial score (nSPS) is 11.6. The Morgan fingerprint density at radius 2 is 1.74 bits per heavy atom. The van der Waals surface area contributed by atoms with Gasteiger partial charge in [0.2, 0.25) is 5.91 Å². The number of benzene rings is 2. The number of primary amides is 1. The Balaban J connectivity index is 1.90. The lowest BCUT2D eigenvalue weighted by molar-refractivity contribution is -0.118. The highest BCUT2D eigenvalue weighted by Crippen LogP contribution is 2.32. The molecule has 0 saturated heterocycles. The minimum Gasteiger partial charge on any atom is -0.496 e. The van der Waals surface area contributed by atoms with Crippen molar-refractivity contribution in [3.63, 3.8) is 0 Å². The van der Waals surface area contributed by atoms with Crippen LogP contribution in [0.3, 0.4) is 0 Å². The van der Waals surface area contributed by atoms with Crippen LogP contribution in [-0.2, 0) is 4.79 Å². The Bertz CT molecular complexity index is 935. The van der Waals surface area contributed by atoms with E-state index in [-0.39, 0.29) is 12.3 Å². The van der Waals surface area contributed by atoms with Gasteiger partial charge < -0.3 is 20.8 Å². The number of aromatic amines is 1. The molecule has 0 aliphatic heterocycles. The summed E-state index contributed by atoms with van der Waals surface area (Å²) in [4.78, 5) is 27.4. The highest BCUT2D eigenvalue weighted by atomic mass is 16.5. The second kappa shape index (κ2) is 8.23. The van der Waals surface area contributed by atoms with Gasteiger partial charge in [-0.05, 0) is 11.6 Å². The van der Waals surface area contributed by atoms with Crippen LogP contribution in [0.5, 0.6) is 5.75 Å². The quantitative estimate of drug-likeness (QED) is 0.602. The molecule has 2 aromatic carbocycles. The number of para-hydroxylation sites is 1. The fourth-order valence-corrected chi connectivity index (χ4v) is 3.02. The lowest BCUT2D eigenvalue weighted by Gasteiger charge is -2.18. The average molecular weight is 363 g/mol. The molecule has 0 radical (unpaired) electrons. The summed E-state index contributed by atoms with van der Waals surface area (Å²) in [5, 5.41) is 2.91. The summed E-state index contributed by atoms with van der Waals surface area (Å²) in [6, 6.07) is 16.3. The average Bonchev–Trinajstić information content (AvgIpc) is 3.17. The standard InChI is InChI=1S/C21H21N3O3/c1-27-19-10-6-5-9-15(19)16-12-23-13-17(16)21(26)24-18(11-20(22)25)14-7-3-2-4-8-14/h2-10,12-13,18,23H,11H2,1H3,(H2,22,25)(H,24,26)/t18-/m0/s1. The van der Waals surface area contributed by atoms with Gasteiger partial charge in [-0.3, -0.25) is 9.59 Å². The van der Waals surface area contributed by atoms with E-state index < -0.39 is 11.9 Å². The van der Waals surface area contributed by atoms with Crippen LogP contribution in [0, 0.1) is 0 Å². The number of rotatable bonds is 7. The highest BCUT2D eigenvalue weighted by molar-refractivity contribution is 6.01. The van der Waals surface area contributed by atoms with Gasteiger partial charge in [0, 0.05) is 23.5 Å². The van der Waals surface area contributed by atoms with Crippen LogP contribution in [0.15, 0.2) is 67.0 Å². The summed E-state index contributed by atoms with van der Waals surface area (Å²) in [7, 11) is 1.59. The third kappa shape index (κ3) is 4.17. The molecule has 0 bridgehead atoms. The van der Waals surface area contributed by atoms with Gasteiger partial charge in [0.15, 0.2) is 0 Å². The summed E-state index contributed by atoms with van der Waals surface area (Å²) >= 11 is 0. The van der Waals surface area contributed by atoms with Gasteiger partial charge >= 0.3 is 0 Å². The maximum absolute atomic E-state index is 12.9. The maximum atomic E-state index is 12.9. The summed E-state index contributed by atoms with van der Waals surface area (Å²) < 4.78 is 5.40. The monoisotopic (exact) mass is 363 g/mol. The van der Waals surface area contributed by atoms with Gasteiger partial charge in [-0.2, -0.15) is 0 Å². The van der Waals surface area contributed by atoms with Gasteiger partial charge in [-0.1, -0.05) is 48.5 Å². The van der Waals surface area contributed by atoms with Crippen LogP contribution in [0.2, 0.25) is 0 Å². The van der Waals surface area contributed by atoms with Gasteiger partial charge in [-0.15, -0.1) is 0 Å². The Morgan fingerprint density at radius 1 is 1.04 bits per heavy atom. The first kappa shape index (κ1) is 18.3. The molecule has 1 atom stereocenters. The molecule has 0 aliphatic rings. The Morgan fingerprint density at radius 3 is 2.44 bits per heavy atom. The zero-order chi connectivity index (χ0) is 19.2. The van der Waals surface area contributed by atoms with E-state index >= 15 is 0 Å². The third-order valence-electron chi connectivity index (χ3n) is 4.30. The number of H-pyrrole nitrogens is 1. The van der Waals surface area contributed by atoms with Crippen molar-refractivity contribution in [1.82, 2.24) is 10.3 Å². The maximum Gasteiger partial charge on any atom is 0.253 e. The molecule has 0 fully saturated rings. The van der Waals surface area contributed by atoms with Crippen LogP contribution >= 0.6 is 0 Å². The van der Waals surface area contributed by atoms with Crippen molar-refractivity contribution in [2.75, 3.05) is 7.11 Å². The number of carbonyl (C=O) groups is 2. The van der Waals surface area contributed by atoms with Crippen molar-refractivity contribution in [3.05, 3.63) is 78.1 Å². The second-order valence-electron chi connectivity index (χ2n) is 6.09. The first-order valence-electron chi connectivity index (χ1n) is 8.54. The van der Waals surface area contributed by atoms with E-state index in [1.807, 2.05) is 54.6 Å². The topological polar surface area (TPSA) is 97.2 Å². The molecule has 3 rings (SSSR count). The van der Waals surface area contributed by atoms with Gasteiger partial charge in [-0.25, -0.2) is 0 Å². The third-order valence-corrected chi connectivity index (χ3v) is 4.30. The highest BCUT2D eigenvalue weighted by Gasteiger charge is 2.21. The number of nitrogens with one attached hydrogen (secondary N) is 2. The van der Waals surface area contributed by atoms with Gasteiger partial charge in [0.1, 0.15) is 5.75 Å². The molecule has 138 valence electrons. The van der Waals surface area contributed by atoms with Gasteiger partial charge in [0.25, 0.3) is 5.91 Å². The number of ether oxygens (including phenoxy) is 1. The van der Waals surface area contributed by atoms with E-state index in [2.05, 4.69) is 10.3 Å². The fraction of sp³-hybridized carbons (Fsp3) is 0.143. The molecule has 27 heavy (non-hydrogen) atoms. The Labute approximate surface area is 157 Å². The summed E-state index contributed by atoms with van der Waals surface area (Å²) in [6.45, 7) is 0. The van der Waals surface area contributed by atoms with E-state index in [0.29, 0.717) is 11.3 Å². The SMILES string of the molecule is COc1ccccc1-c1c[nH]cc1C(=O)N[C@@H](CC(N)=O)c1ccccc1. The Hall–Kier alpha value is -3.54. The molecule has 0 spiro atoms. The van der Waals surface area contributed by atoms with Crippen molar-refractivity contribution in [2.24, 2.45) is 5.73 Å². The lowest BCUT2D eigenvalue weighted by Crippen LogP contribution is -2.31. The van der Waals surface area contributed by atoms with Crippen LogP contribution < -0.4 is 15.8 Å². The van der Waals surface area contributed by atoms with E-state index in [1.54, 1.807) is 19.5 Å². The largest absolute Gasteiger partial charge is 0.496 e. The molecule has 3 aromatic rings. The summed E-state index contributed by atoms with van der Waals surface area (Å²) in [5.41, 5.74) is 8.17. The minimum atomic E-state index is -0.503. The molecule has 0 saturated carbocycles. The molecule has 6 nitrogen and oxygen atoms in total.